The molecule has 4 heteroatoms. The van der Waals surface area contributed by atoms with Crippen LogP contribution in [-0.4, -0.2) is 24.6 Å². The first-order valence-electron chi connectivity index (χ1n) is 5.27. The van der Waals surface area contributed by atoms with E-state index in [1.54, 1.807) is 34.6 Å². The van der Waals surface area contributed by atoms with E-state index in [2.05, 4.69) is 0 Å². The summed E-state index contributed by atoms with van der Waals surface area (Å²) in [5.41, 5.74) is 0. The fourth-order valence-electron chi connectivity index (χ4n) is 1.18. The molecular formula is C11H20O4. The average Bonchev–Trinajstić information content (AvgIpc) is 2.01. The van der Waals surface area contributed by atoms with E-state index in [4.69, 9.17) is 9.47 Å². The molecule has 1 atom stereocenters. The van der Waals surface area contributed by atoms with Gasteiger partial charge in [-0.25, -0.2) is 0 Å². The molecule has 0 aromatic rings. The van der Waals surface area contributed by atoms with Crippen LogP contribution in [0.15, 0.2) is 0 Å². The van der Waals surface area contributed by atoms with Gasteiger partial charge in [-0.15, -0.1) is 0 Å². The minimum atomic E-state index is -0.813. The van der Waals surface area contributed by atoms with E-state index in [0.717, 1.165) is 0 Å². The third-order valence-electron chi connectivity index (χ3n) is 1.81. The second-order valence-electron chi connectivity index (χ2n) is 3.96. The molecule has 0 radical (unpaired) electrons. The van der Waals surface area contributed by atoms with E-state index < -0.39 is 17.9 Å². The summed E-state index contributed by atoms with van der Waals surface area (Å²) in [5.74, 6) is -1.93. The monoisotopic (exact) mass is 216 g/mol. The molecular weight excluding hydrogens is 196 g/mol. The highest BCUT2D eigenvalue weighted by Crippen LogP contribution is 2.15. The molecule has 0 fully saturated rings. The number of rotatable bonds is 5. The van der Waals surface area contributed by atoms with Gasteiger partial charge < -0.3 is 9.47 Å². The first-order valence-corrected chi connectivity index (χ1v) is 5.27. The lowest BCUT2D eigenvalue weighted by Crippen LogP contribution is -2.33. The van der Waals surface area contributed by atoms with Gasteiger partial charge >= 0.3 is 11.9 Å². The van der Waals surface area contributed by atoms with Crippen LogP contribution < -0.4 is 0 Å². The van der Waals surface area contributed by atoms with Crippen LogP contribution in [-0.2, 0) is 19.1 Å². The molecule has 0 heterocycles. The van der Waals surface area contributed by atoms with Gasteiger partial charge in [0.2, 0.25) is 0 Å². The number of carbonyl (C=O) groups excluding carboxylic acids is 2. The maximum atomic E-state index is 11.6. The first-order chi connectivity index (χ1) is 6.90. The van der Waals surface area contributed by atoms with E-state index >= 15 is 0 Å². The smallest absolute Gasteiger partial charge is 0.320 e. The van der Waals surface area contributed by atoms with Gasteiger partial charge in [0.1, 0.15) is 0 Å². The van der Waals surface area contributed by atoms with Gasteiger partial charge in [0.25, 0.3) is 0 Å². The Morgan fingerprint density at radius 2 is 1.60 bits per heavy atom. The fourth-order valence-corrected chi connectivity index (χ4v) is 1.18. The quantitative estimate of drug-likeness (QED) is 0.519. The van der Waals surface area contributed by atoms with Crippen molar-refractivity contribution in [2.45, 2.75) is 40.7 Å². The van der Waals surface area contributed by atoms with Crippen LogP contribution in [0.5, 0.6) is 0 Å². The molecule has 4 nitrogen and oxygen atoms in total. The van der Waals surface area contributed by atoms with E-state index in [0.29, 0.717) is 0 Å². The summed E-state index contributed by atoms with van der Waals surface area (Å²) in [6.45, 7) is 9.08. The van der Waals surface area contributed by atoms with Crippen LogP contribution in [0.2, 0.25) is 0 Å². The molecule has 0 saturated heterocycles. The van der Waals surface area contributed by atoms with Gasteiger partial charge in [-0.1, -0.05) is 13.8 Å². The van der Waals surface area contributed by atoms with Crippen molar-refractivity contribution in [3.8, 4) is 0 Å². The van der Waals surface area contributed by atoms with Gasteiger partial charge in [0, 0.05) is 0 Å². The van der Waals surface area contributed by atoms with Gasteiger partial charge in [0.15, 0.2) is 5.92 Å². The molecule has 1 unspecified atom stereocenters. The van der Waals surface area contributed by atoms with Crippen molar-refractivity contribution in [3.05, 3.63) is 0 Å². The largest absolute Gasteiger partial charge is 0.465 e. The normalized spacial score (nSPS) is 12.7. The van der Waals surface area contributed by atoms with E-state index in [9.17, 15) is 9.59 Å². The molecule has 0 bridgehead atoms. The molecule has 0 rings (SSSR count). The van der Waals surface area contributed by atoms with E-state index in [-0.39, 0.29) is 18.6 Å². The number of carbonyl (C=O) groups is 2. The van der Waals surface area contributed by atoms with Crippen LogP contribution in [0.4, 0.5) is 0 Å². The summed E-state index contributed by atoms with van der Waals surface area (Å²) in [7, 11) is 0. The Morgan fingerprint density at radius 1 is 1.07 bits per heavy atom. The lowest BCUT2D eigenvalue weighted by molar-refractivity contribution is -0.166. The predicted octanol–water partition coefficient (Wildman–Crippen LogP) is 1.77. The topological polar surface area (TPSA) is 52.6 Å². The van der Waals surface area contributed by atoms with Crippen LogP contribution in [0.1, 0.15) is 34.6 Å². The standard InChI is InChI=1S/C11H20O4/c1-6-14-10(12)9(7(2)3)11(13)15-8(4)5/h7-9H,6H2,1-5H3. The molecule has 88 valence electrons. The van der Waals surface area contributed by atoms with Gasteiger partial charge in [-0.3, -0.25) is 9.59 Å². The highest BCUT2D eigenvalue weighted by molar-refractivity contribution is 5.95. The minimum Gasteiger partial charge on any atom is -0.465 e. The highest BCUT2D eigenvalue weighted by Gasteiger charge is 2.33. The summed E-state index contributed by atoms with van der Waals surface area (Å²) in [6.07, 6.45) is -0.215. The molecule has 0 saturated carbocycles. The lowest BCUT2D eigenvalue weighted by Gasteiger charge is -2.19. The van der Waals surface area contributed by atoms with Crippen molar-refractivity contribution in [1.29, 1.82) is 0 Å². The molecule has 0 amide bonds. The van der Waals surface area contributed by atoms with Crippen molar-refractivity contribution in [2.24, 2.45) is 11.8 Å². The Bertz CT molecular complexity index is 221. The summed E-state index contributed by atoms with van der Waals surface area (Å²) < 4.78 is 9.83. The Kier molecular flexibility index (Phi) is 5.97. The molecule has 0 aliphatic heterocycles. The zero-order valence-electron chi connectivity index (χ0n) is 10.1. The molecule has 0 aromatic heterocycles. The Morgan fingerprint density at radius 3 is 1.93 bits per heavy atom. The van der Waals surface area contributed by atoms with Crippen molar-refractivity contribution >= 4 is 11.9 Å². The van der Waals surface area contributed by atoms with Gasteiger partial charge in [0.05, 0.1) is 12.7 Å². The van der Waals surface area contributed by atoms with Gasteiger partial charge in [-0.2, -0.15) is 0 Å². The summed E-state index contributed by atoms with van der Waals surface area (Å²) in [6, 6.07) is 0. The minimum absolute atomic E-state index is 0.115. The predicted molar refractivity (Wildman–Crippen MR) is 56.2 cm³/mol. The maximum absolute atomic E-state index is 11.6. The zero-order valence-corrected chi connectivity index (χ0v) is 10.1. The summed E-state index contributed by atoms with van der Waals surface area (Å²) in [4.78, 5) is 23.1. The van der Waals surface area contributed by atoms with E-state index in [1.807, 2.05) is 0 Å². The SMILES string of the molecule is CCOC(=O)C(C(=O)OC(C)C)C(C)C. The second-order valence-corrected chi connectivity index (χ2v) is 3.96. The first kappa shape index (κ1) is 13.9. The highest BCUT2D eigenvalue weighted by atomic mass is 16.6. The molecule has 0 spiro atoms. The van der Waals surface area contributed by atoms with Crippen molar-refractivity contribution in [3.63, 3.8) is 0 Å². The Hall–Kier alpha value is -1.06. The Balaban J connectivity index is 4.52. The van der Waals surface area contributed by atoms with Crippen LogP contribution in [0, 0.1) is 11.8 Å². The van der Waals surface area contributed by atoms with Crippen molar-refractivity contribution in [2.75, 3.05) is 6.61 Å². The zero-order chi connectivity index (χ0) is 12.0. The second kappa shape index (κ2) is 6.43. The molecule has 15 heavy (non-hydrogen) atoms. The van der Waals surface area contributed by atoms with Gasteiger partial charge in [-0.05, 0) is 26.7 Å². The average molecular weight is 216 g/mol. The Labute approximate surface area is 90.9 Å². The number of hydrogen-bond donors (Lipinski definition) is 0. The van der Waals surface area contributed by atoms with Crippen LogP contribution >= 0.6 is 0 Å². The molecule has 0 aliphatic carbocycles. The van der Waals surface area contributed by atoms with Crippen molar-refractivity contribution in [1.82, 2.24) is 0 Å². The van der Waals surface area contributed by atoms with Crippen molar-refractivity contribution < 1.29 is 19.1 Å². The van der Waals surface area contributed by atoms with Crippen LogP contribution in [0.3, 0.4) is 0 Å². The summed E-state index contributed by atoms with van der Waals surface area (Å²) in [5, 5.41) is 0. The maximum Gasteiger partial charge on any atom is 0.320 e. The number of esters is 2. The molecule has 0 N–H and O–H groups in total. The third-order valence-corrected chi connectivity index (χ3v) is 1.81. The molecule has 0 aromatic carbocycles. The van der Waals surface area contributed by atoms with E-state index in [1.165, 1.54) is 0 Å². The third kappa shape index (κ3) is 4.81. The fraction of sp³-hybridized carbons (Fsp3) is 0.818. The number of ether oxygens (including phenoxy) is 2. The lowest BCUT2D eigenvalue weighted by atomic mass is 9.96. The molecule has 0 aliphatic rings. The summed E-state index contributed by atoms with van der Waals surface area (Å²) >= 11 is 0. The van der Waals surface area contributed by atoms with Crippen LogP contribution in [0.25, 0.3) is 0 Å². The number of hydrogen-bond acceptors (Lipinski definition) is 4.